The molecule has 2 heterocycles. The van der Waals surface area contributed by atoms with Crippen molar-refractivity contribution in [2.75, 3.05) is 79.0 Å². The number of rotatable bonds is 8. The molecule has 1 N–H and O–H groups in total. The second-order valence-electron chi connectivity index (χ2n) is 8.70. The molecule has 1 aromatic carbocycles. The van der Waals surface area contributed by atoms with E-state index in [1.165, 1.54) is 4.31 Å². The first-order valence-corrected chi connectivity index (χ1v) is 12.7. The van der Waals surface area contributed by atoms with Gasteiger partial charge in [-0.3, -0.25) is 9.69 Å². The van der Waals surface area contributed by atoms with Gasteiger partial charge in [0.1, 0.15) is 0 Å². The number of carbonyl (C=O) groups is 1. The summed E-state index contributed by atoms with van der Waals surface area (Å²) in [5.41, 5.74) is 1.66. The van der Waals surface area contributed by atoms with Crippen molar-refractivity contribution in [1.29, 1.82) is 0 Å². The molecule has 31 heavy (non-hydrogen) atoms. The zero-order valence-electron chi connectivity index (χ0n) is 19.1. The van der Waals surface area contributed by atoms with Gasteiger partial charge in [-0.1, -0.05) is 12.1 Å². The number of hydrogen-bond acceptors (Lipinski definition) is 6. The minimum Gasteiger partial charge on any atom is -0.340 e. The molecule has 0 aliphatic carbocycles. The Bertz CT molecular complexity index is 847. The average Bonchev–Trinajstić information content (AvgIpc) is 2.76. The molecule has 0 bridgehead atoms. The number of benzene rings is 1. The molecule has 1 amide bonds. The van der Waals surface area contributed by atoms with Crippen molar-refractivity contribution in [3.05, 3.63) is 29.3 Å². The molecule has 2 saturated heterocycles. The Morgan fingerprint density at radius 3 is 2.39 bits per heavy atom. The molecule has 0 radical (unpaired) electrons. The van der Waals surface area contributed by atoms with Gasteiger partial charge in [-0.15, -0.1) is 0 Å². The van der Waals surface area contributed by atoms with E-state index < -0.39 is 10.0 Å². The fourth-order valence-corrected chi connectivity index (χ4v) is 5.84. The smallest absolute Gasteiger partial charge is 0.243 e. The lowest BCUT2D eigenvalue weighted by molar-refractivity contribution is -0.131. The Balaban J connectivity index is 1.72. The summed E-state index contributed by atoms with van der Waals surface area (Å²) in [5.74, 6) is 0.0299. The quantitative estimate of drug-likeness (QED) is 0.615. The van der Waals surface area contributed by atoms with E-state index in [4.69, 9.17) is 0 Å². The lowest BCUT2D eigenvalue weighted by Crippen LogP contribution is -2.49. The number of aryl methyl sites for hydroxylation is 2. The highest BCUT2D eigenvalue weighted by Crippen LogP contribution is 2.22. The third kappa shape index (κ3) is 6.49. The van der Waals surface area contributed by atoms with Crippen molar-refractivity contribution in [1.82, 2.24) is 24.3 Å². The van der Waals surface area contributed by atoms with Gasteiger partial charge in [-0.25, -0.2) is 8.42 Å². The molecular formula is C22H37N5O3S. The maximum absolute atomic E-state index is 13.6. The molecule has 8 nitrogen and oxygen atoms in total. The number of carbonyl (C=O) groups excluding carboxylic acids is 1. The summed E-state index contributed by atoms with van der Waals surface area (Å²) in [6, 6.07) is 5.52. The third-order valence-corrected chi connectivity index (χ3v) is 8.31. The highest BCUT2D eigenvalue weighted by atomic mass is 32.2. The van der Waals surface area contributed by atoms with E-state index in [9.17, 15) is 13.2 Å². The topological polar surface area (TPSA) is 76.2 Å². The molecule has 0 saturated carbocycles. The van der Waals surface area contributed by atoms with Crippen LogP contribution in [0.4, 0.5) is 0 Å². The second kappa shape index (κ2) is 10.9. The Morgan fingerprint density at radius 1 is 1.03 bits per heavy atom. The first-order valence-electron chi connectivity index (χ1n) is 11.2. The van der Waals surface area contributed by atoms with E-state index in [2.05, 4.69) is 22.2 Å². The number of sulfonamides is 1. The van der Waals surface area contributed by atoms with E-state index in [1.807, 2.05) is 30.9 Å². The van der Waals surface area contributed by atoms with Crippen LogP contribution in [0.2, 0.25) is 0 Å². The van der Waals surface area contributed by atoms with E-state index >= 15 is 0 Å². The number of piperazine rings is 2. The van der Waals surface area contributed by atoms with Crippen LogP contribution in [0.1, 0.15) is 17.5 Å². The predicted octanol–water partition coefficient (Wildman–Crippen LogP) is 0.363. The lowest BCUT2D eigenvalue weighted by atomic mass is 10.2. The number of amides is 1. The SMILES string of the molecule is Cc1ccc(C)c(S(=O)(=O)N(CCC(=O)N2CCNCC2)CCN2CCN(C)CC2)c1. The number of hydrogen-bond donors (Lipinski definition) is 1. The standard InChI is InChI=1S/C22H37N5O3S/c1-19-4-5-20(2)21(18-19)31(29,30)27(17-16-25-14-12-24(3)13-15-25)9-6-22(28)26-10-7-23-8-11-26/h4-5,18,23H,6-17H2,1-3H3. The zero-order chi connectivity index (χ0) is 22.4. The van der Waals surface area contributed by atoms with Crippen LogP contribution in [0.25, 0.3) is 0 Å². The summed E-state index contributed by atoms with van der Waals surface area (Å²) in [4.78, 5) is 19.5. The van der Waals surface area contributed by atoms with Gasteiger partial charge in [0.15, 0.2) is 0 Å². The largest absolute Gasteiger partial charge is 0.340 e. The van der Waals surface area contributed by atoms with E-state index in [1.54, 1.807) is 6.07 Å². The van der Waals surface area contributed by atoms with Crippen LogP contribution < -0.4 is 5.32 Å². The minimum atomic E-state index is -3.68. The lowest BCUT2D eigenvalue weighted by Gasteiger charge is -2.34. The maximum Gasteiger partial charge on any atom is 0.243 e. The van der Waals surface area contributed by atoms with Crippen LogP contribution in [-0.2, 0) is 14.8 Å². The highest BCUT2D eigenvalue weighted by molar-refractivity contribution is 7.89. The second-order valence-corrected chi connectivity index (χ2v) is 10.6. The summed E-state index contributed by atoms with van der Waals surface area (Å²) in [6.07, 6.45) is 0.215. The maximum atomic E-state index is 13.6. The summed E-state index contributed by atoms with van der Waals surface area (Å²) in [6.45, 7) is 11.8. The van der Waals surface area contributed by atoms with Crippen molar-refractivity contribution in [2.24, 2.45) is 0 Å². The van der Waals surface area contributed by atoms with Crippen molar-refractivity contribution in [3.63, 3.8) is 0 Å². The van der Waals surface area contributed by atoms with Crippen molar-refractivity contribution < 1.29 is 13.2 Å². The summed E-state index contributed by atoms with van der Waals surface area (Å²) in [7, 11) is -1.57. The minimum absolute atomic E-state index is 0.0299. The van der Waals surface area contributed by atoms with Crippen LogP contribution in [0.15, 0.2) is 23.1 Å². The molecule has 2 aliphatic rings. The van der Waals surface area contributed by atoms with E-state index in [-0.39, 0.29) is 18.9 Å². The van der Waals surface area contributed by atoms with Crippen molar-refractivity contribution >= 4 is 15.9 Å². The first-order chi connectivity index (χ1) is 14.8. The van der Waals surface area contributed by atoms with Crippen molar-refractivity contribution in [3.8, 4) is 0 Å². The van der Waals surface area contributed by atoms with Gasteiger partial charge in [-0.05, 0) is 38.1 Å². The summed E-state index contributed by atoms with van der Waals surface area (Å²) >= 11 is 0. The van der Waals surface area contributed by atoms with E-state index in [0.29, 0.717) is 31.1 Å². The first kappa shape index (κ1) is 24.1. The normalized spacial score (nSPS) is 19.2. The molecule has 0 atom stereocenters. The summed E-state index contributed by atoms with van der Waals surface area (Å²) < 4.78 is 28.7. The molecule has 0 aromatic heterocycles. The van der Waals surface area contributed by atoms with Crippen LogP contribution in [0.5, 0.6) is 0 Å². The van der Waals surface area contributed by atoms with E-state index in [0.717, 1.165) is 50.4 Å². The monoisotopic (exact) mass is 451 g/mol. The molecule has 9 heteroatoms. The number of nitrogens with zero attached hydrogens (tertiary/aromatic N) is 4. The molecule has 0 unspecified atom stereocenters. The number of likely N-dealkylation sites (N-methyl/N-ethyl adjacent to an activating group) is 1. The zero-order valence-corrected chi connectivity index (χ0v) is 20.0. The van der Waals surface area contributed by atoms with Crippen LogP contribution in [0.3, 0.4) is 0 Å². The molecule has 2 aliphatic heterocycles. The fourth-order valence-electron chi connectivity index (χ4n) is 4.09. The van der Waals surface area contributed by atoms with Crippen molar-refractivity contribution in [2.45, 2.75) is 25.2 Å². The molecule has 174 valence electrons. The Morgan fingerprint density at radius 2 is 1.71 bits per heavy atom. The van der Waals surface area contributed by atoms with Gasteiger partial charge in [-0.2, -0.15) is 4.31 Å². The third-order valence-electron chi connectivity index (χ3n) is 6.27. The molecule has 3 rings (SSSR count). The molecular weight excluding hydrogens is 414 g/mol. The van der Waals surface area contributed by atoms with Crippen LogP contribution in [0, 0.1) is 13.8 Å². The van der Waals surface area contributed by atoms with Gasteiger partial charge in [0.2, 0.25) is 15.9 Å². The van der Waals surface area contributed by atoms with Gasteiger partial charge >= 0.3 is 0 Å². The van der Waals surface area contributed by atoms with Gasteiger partial charge in [0.05, 0.1) is 4.90 Å². The average molecular weight is 452 g/mol. The van der Waals surface area contributed by atoms with Gasteiger partial charge in [0.25, 0.3) is 0 Å². The Hall–Kier alpha value is -1.52. The molecule has 0 spiro atoms. The van der Waals surface area contributed by atoms with Gasteiger partial charge < -0.3 is 15.1 Å². The molecule has 2 fully saturated rings. The summed E-state index contributed by atoms with van der Waals surface area (Å²) in [5, 5.41) is 3.24. The number of nitrogens with one attached hydrogen (secondary N) is 1. The molecule has 1 aromatic rings. The highest BCUT2D eigenvalue weighted by Gasteiger charge is 2.28. The van der Waals surface area contributed by atoms with Crippen LogP contribution in [-0.4, -0.2) is 112 Å². The fraction of sp³-hybridized carbons (Fsp3) is 0.682. The Labute approximate surface area is 187 Å². The van der Waals surface area contributed by atoms with Crippen LogP contribution >= 0.6 is 0 Å². The predicted molar refractivity (Wildman–Crippen MR) is 123 cm³/mol. The van der Waals surface area contributed by atoms with Gasteiger partial charge in [0, 0.05) is 78.4 Å². The Kier molecular flexibility index (Phi) is 8.46.